The van der Waals surface area contributed by atoms with Gasteiger partial charge in [0, 0.05) is 30.9 Å². The Labute approximate surface area is 373 Å². The lowest BCUT2D eigenvalue weighted by atomic mass is 9.49. The molecule has 0 spiro atoms. The van der Waals surface area contributed by atoms with Gasteiger partial charge < -0.3 is 31.5 Å². The molecule has 6 saturated carbocycles. The second-order valence-corrected chi connectivity index (χ2v) is 21.4. The molecule has 8 rings (SSSR count). The molecule has 8 heteroatoms. The molecule has 0 unspecified atom stereocenters. The maximum atomic E-state index is 12.8. The average Bonchev–Trinajstić information content (AvgIpc) is 3.77. The standard InChI is InChI=1S/C27H39NO3.C20H35NO2.C7H6O/c1-18-9-10-23-22(16-28-25(31)19-7-5-4-6-8-19)24(12-14-26(18,23)2)27(3)13-11-21(30)15-20(27)17-29;1-13-4-5-17-16(11-21)18(7-9-19(13,17)2)20(3)8-6-15(23)10-14(20)12-22;8-6-7-4-2-1-3-5-7/h4-8,20-24,29-30H,1,9-17H2,2-3H3,(H,28,31);14-18,22-23H,1,4-12,21H2,2-3H3;1-6H/t20-,21+,22+,23+,24+,26-,27+;14-,15+,16+,17+,18+,19-,20+;/m11./s1. The Morgan fingerprint density at radius 3 is 1.56 bits per heavy atom. The Balaban J connectivity index is 0.000000181. The van der Waals surface area contributed by atoms with Crippen molar-refractivity contribution >= 4 is 12.2 Å². The first-order valence-electron chi connectivity index (χ1n) is 24.1. The summed E-state index contributed by atoms with van der Waals surface area (Å²) in [5, 5.41) is 43.7. The zero-order valence-corrected chi connectivity index (χ0v) is 38.4. The zero-order chi connectivity index (χ0) is 44.9. The van der Waals surface area contributed by atoms with E-state index < -0.39 is 0 Å². The Morgan fingerprint density at radius 2 is 1.13 bits per heavy atom. The number of benzene rings is 2. The van der Waals surface area contributed by atoms with Crippen LogP contribution in [0.25, 0.3) is 0 Å². The van der Waals surface area contributed by atoms with Gasteiger partial charge in [-0.1, -0.05) is 101 Å². The summed E-state index contributed by atoms with van der Waals surface area (Å²) in [6.07, 6.45) is 14.6. The number of allylic oxidation sites excluding steroid dienone is 2. The smallest absolute Gasteiger partial charge is 0.251 e. The van der Waals surface area contributed by atoms with Crippen LogP contribution < -0.4 is 11.1 Å². The molecule has 6 aliphatic carbocycles. The highest BCUT2D eigenvalue weighted by Gasteiger charge is 2.58. The second kappa shape index (κ2) is 20.4. The van der Waals surface area contributed by atoms with E-state index in [1.807, 2.05) is 48.5 Å². The summed E-state index contributed by atoms with van der Waals surface area (Å²) in [5.74, 6) is 3.37. The van der Waals surface area contributed by atoms with Crippen LogP contribution in [-0.4, -0.2) is 71.1 Å². The van der Waals surface area contributed by atoms with Crippen LogP contribution in [0, 0.1) is 69.0 Å². The highest BCUT2D eigenvalue weighted by molar-refractivity contribution is 5.94. The Hall–Kier alpha value is -3.14. The van der Waals surface area contributed by atoms with Crippen LogP contribution in [0.1, 0.15) is 138 Å². The quantitative estimate of drug-likeness (QED) is 0.109. The van der Waals surface area contributed by atoms with Crippen molar-refractivity contribution < 1.29 is 30.0 Å². The van der Waals surface area contributed by atoms with Gasteiger partial charge in [0.05, 0.1) is 12.2 Å². The predicted molar refractivity (Wildman–Crippen MR) is 249 cm³/mol. The van der Waals surface area contributed by atoms with E-state index in [4.69, 9.17) is 5.73 Å². The summed E-state index contributed by atoms with van der Waals surface area (Å²) in [6.45, 7) is 20.0. The molecule has 342 valence electrons. The molecule has 1 amide bonds. The van der Waals surface area contributed by atoms with Crippen molar-refractivity contribution in [3.63, 3.8) is 0 Å². The van der Waals surface area contributed by atoms with Gasteiger partial charge in [0.1, 0.15) is 6.29 Å². The molecule has 2 aromatic carbocycles. The maximum Gasteiger partial charge on any atom is 0.251 e. The number of hydrogen-bond acceptors (Lipinski definition) is 7. The first kappa shape index (κ1) is 48.3. The van der Waals surface area contributed by atoms with E-state index in [0.717, 1.165) is 82.6 Å². The molecule has 6 aliphatic rings. The summed E-state index contributed by atoms with van der Waals surface area (Å²) in [7, 11) is 0. The van der Waals surface area contributed by atoms with Gasteiger partial charge in [-0.3, -0.25) is 9.59 Å². The zero-order valence-electron chi connectivity index (χ0n) is 38.4. The van der Waals surface area contributed by atoms with Gasteiger partial charge in [-0.15, -0.1) is 0 Å². The SMILES string of the molecule is C=C1CC[C@H]2[C@H](CN)[C@@H]([C@@]3(C)CC[C@H](O)C[C@@H]3CO)CC[C@]12C.C=C1CC[C@H]2[C@H](CNC(=O)c3ccccc3)[C@@H]([C@@]3(C)CC[C@H](O)C[C@@H]3CO)CC[C@]12C.O=Cc1ccccc1. The van der Waals surface area contributed by atoms with Gasteiger partial charge in [0.15, 0.2) is 0 Å². The number of amides is 1. The normalized spacial score (nSPS) is 40.1. The van der Waals surface area contributed by atoms with E-state index in [0.29, 0.717) is 54.0 Å². The minimum atomic E-state index is -0.304. The Bertz CT molecular complexity index is 1820. The van der Waals surface area contributed by atoms with Crippen LogP contribution in [0.4, 0.5) is 0 Å². The number of aliphatic hydroxyl groups excluding tert-OH is 4. The number of carbonyl (C=O) groups is 2. The fraction of sp³-hybridized carbons (Fsp3) is 0.667. The van der Waals surface area contributed by atoms with Gasteiger partial charge >= 0.3 is 0 Å². The molecule has 62 heavy (non-hydrogen) atoms. The molecule has 0 aromatic heterocycles. The molecular weight excluding hydrogens is 773 g/mol. The van der Waals surface area contributed by atoms with Crippen molar-refractivity contribution in [1.29, 1.82) is 0 Å². The van der Waals surface area contributed by atoms with Gasteiger partial charge in [0.25, 0.3) is 5.91 Å². The molecule has 0 saturated heterocycles. The number of rotatable bonds is 9. The minimum absolute atomic E-state index is 0.00798. The van der Waals surface area contributed by atoms with Gasteiger partial charge in [-0.05, 0) is 178 Å². The predicted octanol–water partition coefficient (Wildman–Crippen LogP) is 9.18. The third-order valence-corrected chi connectivity index (χ3v) is 18.7. The van der Waals surface area contributed by atoms with Crippen molar-refractivity contribution in [2.24, 2.45) is 74.7 Å². The molecule has 0 bridgehead atoms. The topological polar surface area (TPSA) is 153 Å². The van der Waals surface area contributed by atoms with Crippen molar-refractivity contribution in [2.45, 2.75) is 130 Å². The molecular formula is C54H80N2O6. The highest BCUT2D eigenvalue weighted by Crippen LogP contribution is 2.65. The molecule has 2 aromatic rings. The number of nitrogens with two attached hydrogens (primary N) is 1. The van der Waals surface area contributed by atoms with Crippen LogP contribution in [0.5, 0.6) is 0 Å². The lowest BCUT2D eigenvalue weighted by molar-refractivity contribution is -0.0928. The lowest BCUT2D eigenvalue weighted by Crippen LogP contribution is -2.53. The van der Waals surface area contributed by atoms with Crippen LogP contribution >= 0.6 is 0 Å². The van der Waals surface area contributed by atoms with Crippen molar-refractivity contribution in [1.82, 2.24) is 5.32 Å². The largest absolute Gasteiger partial charge is 0.396 e. The average molecular weight is 853 g/mol. The number of hydrogen-bond donors (Lipinski definition) is 6. The van der Waals surface area contributed by atoms with Crippen LogP contribution in [-0.2, 0) is 0 Å². The Kier molecular flexibility index (Phi) is 15.9. The molecule has 6 fully saturated rings. The van der Waals surface area contributed by atoms with E-state index in [1.54, 1.807) is 12.1 Å². The summed E-state index contributed by atoms with van der Waals surface area (Å²) in [5.41, 5.74) is 11.1. The van der Waals surface area contributed by atoms with E-state index in [1.165, 1.54) is 30.4 Å². The van der Waals surface area contributed by atoms with E-state index in [2.05, 4.69) is 46.2 Å². The summed E-state index contributed by atoms with van der Waals surface area (Å²) >= 11 is 0. The fourth-order valence-electron chi connectivity index (χ4n) is 14.4. The maximum absolute atomic E-state index is 12.8. The van der Waals surface area contributed by atoms with E-state index in [-0.39, 0.29) is 64.8 Å². The van der Waals surface area contributed by atoms with Gasteiger partial charge in [-0.2, -0.15) is 0 Å². The molecule has 0 heterocycles. The number of nitrogens with one attached hydrogen (secondary N) is 1. The number of fused-ring (bicyclic) bond motifs is 2. The second-order valence-electron chi connectivity index (χ2n) is 21.4. The van der Waals surface area contributed by atoms with Crippen LogP contribution in [0.15, 0.2) is 85.0 Å². The van der Waals surface area contributed by atoms with E-state index >= 15 is 0 Å². The Morgan fingerprint density at radius 1 is 0.677 bits per heavy atom. The highest BCUT2D eigenvalue weighted by atomic mass is 16.3. The van der Waals surface area contributed by atoms with E-state index in [9.17, 15) is 30.0 Å². The molecule has 8 nitrogen and oxygen atoms in total. The minimum Gasteiger partial charge on any atom is -0.396 e. The molecule has 0 aliphatic heterocycles. The number of aliphatic hydroxyl groups is 4. The molecule has 7 N–H and O–H groups in total. The number of aldehydes is 1. The summed E-state index contributed by atoms with van der Waals surface area (Å²) in [4.78, 5) is 22.9. The third-order valence-electron chi connectivity index (χ3n) is 18.7. The van der Waals surface area contributed by atoms with Crippen LogP contribution in [0.3, 0.4) is 0 Å². The first-order chi connectivity index (χ1) is 29.6. The van der Waals surface area contributed by atoms with Crippen LogP contribution in [0.2, 0.25) is 0 Å². The third kappa shape index (κ3) is 9.61. The van der Waals surface area contributed by atoms with Gasteiger partial charge in [-0.25, -0.2) is 0 Å². The summed E-state index contributed by atoms with van der Waals surface area (Å²) in [6, 6.07) is 18.5. The first-order valence-corrected chi connectivity index (χ1v) is 24.1. The van der Waals surface area contributed by atoms with Crippen molar-refractivity contribution in [2.75, 3.05) is 26.3 Å². The summed E-state index contributed by atoms with van der Waals surface area (Å²) < 4.78 is 0. The fourth-order valence-corrected chi connectivity index (χ4v) is 14.4. The molecule has 14 atom stereocenters. The lowest BCUT2D eigenvalue weighted by Gasteiger charge is -2.56. The van der Waals surface area contributed by atoms with Gasteiger partial charge in [0.2, 0.25) is 0 Å². The number of carbonyl (C=O) groups excluding carboxylic acids is 2. The monoisotopic (exact) mass is 853 g/mol. The molecule has 0 radical (unpaired) electrons. The van der Waals surface area contributed by atoms with Crippen molar-refractivity contribution in [3.05, 3.63) is 96.1 Å². The van der Waals surface area contributed by atoms with Crippen molar-refractivity contribution in [3.8, 4) is 0 Å².